The Morgan fingerprint density at radius 1 is 1.09 bits per heavy atom. The second-order valence-electron chi connectivity index (χ2n) is 9.51. The lowest BCUT2D eigenvalue weighted by atomic mass is 9.86. The first-order valence-electron chi connectivity index (χ1n) is 12.4. The maximum absolute atomic E-state index is 14.0. The molecule has 1 aliphatic carbocycles. The summed E-state index contributed by atoms with van der Waals surface area (Å²) in [6, 6.07) is 9.64. The summed E-state index contributed by atoms with van der Waals surface area (Å²) in [6.07, 6.45) is 1.83. The molecule has 1 aliphatic heterocycles. The Balaban J connectivity index is 1.51. The van der Waals surface area contributed by atoms with Crippen molar-refractivity contribution in [3.63, 3.8) is 0 Å². The molecule has 8 nitrogen and oxygen atoms in total. The van der Waals surface area contributed by atoms with Gasteiger partial charge in [-0.25, -0.2) is 13.8 Å². The molecule has 1 aromatic carbocycles. The molecule has 2 N–H and O–H groups in total. The van der Waals surface area contributed by atoms with Gasteiger partial charge in [-0.2, -0.15) is 9.97 Å². The largest absolute Gasteiger partial charge is 0.377 e. The van der Waals surface area contributed by atoms with Crippen LogP contribution in [0.15, 0.2) is 30.3 Å². The van der Waals surface area contributed by atoms with Gasteiger partial charge in [0.25, 0.3) is 6.43 Å². The van der Waals surface area contributed by atoms with E-state index in [1.54, 1.807) is 24.3 Å². The summed E-state index contributed by atoms with van der Waals surface area (Å²) < 4.78 is 35.1. The Kier molecular flexibility index (Phi) is 7.10. The van der Waals surface area contributed by atoms with Crippen molar-refractivity contribution in [2.24, 2.45) is 5.92 Å². The molecule has 2 fully saturated rings. The molecule has 0 unspecified atom stereocenters. The molecule has 2 aromatic heterocycles. The molecule has 1 atom stereocenters. The molecule has 2 aliphatic rings. The number of hydrogen-bond donors (Lipinski definition) is 2. The van der Waals surface area contributed by atoms with E-state index in [2.05, 4.69) is 27.4 Å². The zero-order chi connectivity index (χ0) is 24.4. The average molecular weight is 486 g/mol. The third-order valence-corrected chi connectivity index (χ3v) is 7.18. The maximum Gasteiger partial charge on any atom is 0.296 e. The number of halogens is 2. The number of rotatable bonds is 7. The molecular weight excluding hydrogens is 452 g/mol. The first-order chi connectivity index (χ1) is 17.0. The Morgan fingerprint density at radius 3 is 2.60 bits per heavy atom. The highest BCUT2D eigenvalue weighted by atomic mass is 19.3. The van der Waals surface area contributed by atoms with E-state index in [0.717, 1.165) is 32.2 Å². The summed E-state index contributed by atoms with van der Waals surface area (Å²) in [5.74, 6) is 1.75. The molecule has 0 radical (unpaired) electrons. The lowest BCUT2D eigenvalue weighted by Crippen LogP contribution is -2.44. The fourth-order valence-corrected chi connectivity index (χ4v) is 5.15. The maximum atomic E-state index is 14.0. The third-order valence-electron chi connectivity index (χ3n) is 7.18. The number of nitrogens with zero attached hydrogens (tertiary/aromatic N) is 5. The summed E-state index contributed by atoms with van der Waals surface area (Å²) in [4.78, 5) is 15.9. The van der Waals surface area contributed by atoms with Gasteiger partial charge in [0, 0.05) is 25.2 Å². The number of ether oxygens (including phenoxy) is 1. The van der Waals surface area contributed by atoms with Crippen LogP contribution in [0.5, 0.6) is 0 Å². The summed E-state index contributed by atoms with van der Waals surface area (Å²) in [5, 5.41) is 6.79. The molecule has 10 heteroatoms. The zero-order valence-corrected chi connectivity index (χ0v) is 20.3. The van der Waals surface area contributed by atoms with Crippen LogP contribution in [0.3, 0.4) is 0 Å². The van der Waals surface area contributed by atoms with Crippen molar-refractivity contribution in [2.45, 2.75) is 51.1 Å². The summed E-state index contributed by atoms with van der Waals surface area (Å²) >= 11 is 0. The van der Waals surface area contributed by atoms with Crippen molar-refractivity contribution >= 4 is 22.8 Å². The van der Waals surface area contributed by atoms with Gasteiger partial charge in [0.1, 0.15) is 11.6 Å². The highest BCUT2D eigenvalue weighted by Gasteiger charge is 2.26. The number of fused-ring (bicyclic) bond motifs is 1. The molecule has 3 aromatic rings. The van der Waals surface area contributed by atoms with E-state index in [9.17, 15) is 8.78 Å². The summed E-state index contributed by atoms with van der Waals surface area (Å²) in [6.45, 7) is 4.69. The smallest absolute Gasteiger partial charge is 0.296 e. The van der Waals surface area contributed by atoms with Crippen molar-refractivity contribution in [2.75, 3.05) is 43.6 Å². The summed E-state index contributed by atoms with van der Waals surface area (Å²) in [5.41, 5.74) is 1.11. The minimum Gasteiger partial charge on any atom is -0.377 e. The van der Waals surface area contributed by atoms with Gasteiger partial charge in [-0.05, 0) is 57.7 Å². The highest BCUT2D eigenvalue weighted by Crippen LogP contribution is 2.30. The molecule has 3 heterocycles. The van der Waals surface area contributed by atoms with E-state index in [4.69, 9.17) is 14.7 Å². The van der Waals surface area contributed by atoms with Crippen LogP contribution in [0.4, 0.5) is 20.5 Å². The first kappa shape index (κ1) is 23.9. The number of alkyl halides is 2. The van der Waals surface area contributed by atoms with Crippen LogP contribution in [0.2, 0.25) is 0 Å². The topological polar surface area (TPSA) is 80.1 Å². The van der Waals surface area contributed by atoms with Gasteiger partial charge in [-0.15, -0.1) is 0 Å². The predicted molar refractivity (Wildman–Crippen MR) is 133 cm³/mol. The van der Waals surface area contributed by atoms with Crippen molar-refractivity contribution in [1.82, 2.24) is 24.8 Å². The van der Waals surface area contributed by atoms with Crippen LogP contribution in [0.25, 0.3) is 16.9 Å². The normalized spacial score (nSPS) is 23.2. The fraction of sp³-hybridized carbons (Fsp3) is 0.560. The molecule has 0 amide bonds. The van der Waals surface area contributed by atoms with Gasteiger partial charge < -0.3 is 20.3 Å². The number of imidazole rings is 1. The fourth-order valence-electron chi connectivity index (χ4n) is 5.15. The van der Waals surface area contributed by atoms with E-state index >= 15 is 0 Å². The SMILES string of the molecule is CNC1CCC(CNc2nc(N3CCOC[C@H]3C)cc(-n3c(C(F)F)nc4ccccc43)n2)CC1. The Hall–Kier alpha value is -2.85. The van der Waals surface area contributed by atoms with Crippen LogP contribution < -0.4 is 15.5 Å². The minimum atomic E-state index is -2.73. The third kappa shape index (κ3) is 5.08. The van der Waals surface area contributed by atoms with Gasteiger partial charge in [0.15, 0.2) is 5.82 Å². The van der Waals surface area contributed by atoms with Gasteiger partial charge in [-0.3, -0.25) is 4.57 Å². The Morgan fingerprint density at radius 2 is 1.86 bits per heavy atom. The number of nitrogens with one attached hydrogen (secondary N) is 2. The second-order valence-corrected chi connectivity index (χ2v) is 9.51. The predicted octanol–water partition coefficient (Wildman–Crippen LogP) is 4.17. The Labute approximate surface area is 204 Å². The monoisotopic (exact) mass is 485 g/mol. The number of hydrogen-bond acceptors (Lipinski definition) is 7. The van der Waals surface area contributed by atoms with E-state index < -0.39 is 6.43 Å². The first-order valence-corrected chi connectivity index (χ1v) is 12.4. The van der Waals surface area contributed by atoms with Crippen LogP contribution in [-0.2, 0) is 4.74 Å². The van der Waals surface area contributed by atoms with E-state index in [1.807, 2.05) is 13.1 Å². The van der Waals surface area contributed by atoms with Crippen molar-refractivity contribution in [3.05, 3.63) is 36.2 Å². The minimum absolute atomic E-state index is 0.116. The van der Waals surface area contributed by atoms with Gasteiger partial charge >= 0.3 is 0 Å². The molecule has 188 valence electrons. The molecular formula is C25H33F2N7O. The standard InChI is InChI=1S/C25H33F2N7O/c1-16-15-35-12-11-33(16)21-13-22(34-20-6-4-3-5-19(20)30-24(34)23(26)27)32-25(31-21)29-14-17-7-9-18(28-2)10-8-17/h3-6,13,16-18,23,28H,7-12,14-15H2,1-2H3,(H,29,31,32)/t16-,17?,18?/m1/s1. The molecule has 35 heavy (non-hydrogen) atoms. The van der Waals surface area contributed by atoms with Crippen LogP contribution in [-0.4, -0.2) is 65.0 Å². The molecule has 5 rings (SSSR count). The van der Waals surface area contributed by atoms with E-state index in [1.165, 1.54) is 4.57 Å². The number of para-hydroxylation sites is 2. The quantitative estimate of drug-likeness (QED) is 0.520. The number of morpholine rings is 1. The highest BCUT2D eigenvalue weighted by molar-refractivity contribution is 5.78. The lowest BCUT2D eigenvalue weighted by molar-refractivity contribution is 0.0985. The molecule has 1 saturated heterocycles. The van der Waals surface area contributed by atoms with Gasteiger partial charge in [0.2, 0.25) is 5.95 Å². The number of aromatic nitrogens is 4. The number of benzene rings is 1. The average Bonchev–Trinajstić information content (AvgIpc) is 3.28. The van der Waals surface area contributed by atoms with Gasteiger partial charge in [0.05, 0.1) is 30.3 Å². The number of anilines is 2. The van der Waals surface area contributed by atoms with E-state index in [0.29, 0.717) is 60.3 Å². The summed E-state index contributed by atoms with van der Waals surface area (Å²) in [7, 11) is 2.02. The van der Waals surface area contributed by atoms with E-state index in [-0.39, 0.29) is 11.9 Å². The molecule has 0 spiro atoms. The Bertz CT molecular complexity index is 1150. The van der Waals surface area contributed by atoms with Crippen LogP contribution >= 0.6 is 0 Å². The second kappa shape index (κ2) is 10.4. The van der Waals surface area contributed by atoms with Crippen LogP contribution in [0.1, 0.15) is 44.9 Å². The van der Waals surface area contributed by atoms with Crippen LogP contribution in [0, 0.1) is 5.92 Å². The molecule has 1 saturated carbocycles. The van der Waals surface area contributed by atoms with Crippen molar-refractivity contribution in [1.29, 1.82) is 0 Å². The van der Waals surface area contributed by atoms with Gasteiger partial charge in [-0.1, -0.05) is 12.1 Å². The zero-order valence-electron chi connectivity index (χ0n) is 20.3. The van der Waals surface area contributed by atoms with Crippen molar-refractivity contribution in [3.8, 4) is 5.82 Å². The molecule has 0 bridgehead atoms. The van der Waals surface area contributed by atoms with Crippen molar-refractivity contribution < 1.29 is 13.5 Å². The lowest BCUT2D eigenvalue weighted by Gasteiger charge is -2.34.